The summed E-state index contributed by atoms with van der Waals surface area (Å²) in [4.78, 5) is 12.9. The topological polar surface area (TPSA) is 104 Å². The van der Waals surface area contributed by atoms with Gasteiger partial charge in [0.25, 0.3) is 5.91 Å². The quantitative estimate of drug-likeness (QED) is 0.713. The van der Waals surface area contributed by atoms with Crippen LogP contribution >= 0.6 is 0 Å². The molecule has 0 aliphatic carbocycles. The molecule has 1 N–H and O–H groups in total. The number of nitrogens with one attached hydrogen (secondary N) is 1. The number of carbonyl (C=O) groups excluding carboxylic acids is 1. The van der Waals surface area contributed by atoms with Crippen molar-refractivity contribution in [3.63, 3.8) is 0 Å². The molecule has 2 aromatic rings. The van der Waals surface area contributed by atoms with Crippen LogP contribution in [0.3, 0.4) is 0 Å². The van der Waals surface area contributed by atoms with E-state index in [1.54, 1.807) is 30.3 Å². The maximum Gasteiger partial charge on any atom is 0.255 e. The highest BCUT2D eigenvalue weighted by Crippen LogP contribution is 2.31. The molecule has 0 bridgehead atoms. The lowest BCUT2D eigenvalue weighted by Gasteiger charge is -2.20. The maximum atomic E-state index is 12.9. The van der Waals surface area contributed by atoms with Crippen molar-refractivity contribution in [2.24, 2.45) is 0 Å². The fourth-order valence-electron chi connectivity index (χ4n) is 4.20. The second-order valence-corrected chi connectivity index (χ2v) is 12.1. The molecule has 0 aromatic heterocycles. The minimum absolute atomic E-state index is 0.218. The average molecular weight is 478 g/mol. The molecule has 0 atom stereocenters. The smallest absolute Gasteiger partial charge is 0.255 e. The third-order valence-corrected chi connectivity index (χ3v) is 9.00. The Labute approximate surface area is 189 Å². The molecule has 0 spiro atoms. The van der Waals surface area contributed by atoms with Gasteiger partial charge in [0.15, 0.2) is 0 Å². The largest absolute Gasteiger partial charge is 0.322 e. The molecular formula is C22H27N3O5S2. The van der Waals surface area contributed by atoms with Crippen molar-refractivity contribution < 1.29 is 21.6 Å². The molecule has 8 nitrogen and oxygen atoms in total. The van der Waals surface area contributed by atoms with Gasteiger partial charge in [-0.2, -0.15) is 4.31 Å². The third kappa shape index (κ3) is 4.67. The first-order valence-electron chi connectivity index (χ1n) is 10.7. The van der Waals surface area contributed by atoms with Crippen LogP contribution in [0.25, 0.3) is 0 Å². The third-order valence-electron chi connectivity index (χ3n) is 5.91. The molecule has 2 aliphatic heterocycles. The molecular weight excluding hydrogens is 450 g/mol. The predicted octanol–water partition coefficient (Wildman–Crippen LogP) is 2.83. The Kier molecular flexibility index (Phi) is 6.28. The van der Waals surface area contributed by atoms with Gasteiger partial charge in [0.05, 0.1) is 16.8 Å². The number of amides is 1. The molecule has 1 amide bonds. The zero-order chi connectivity index (χ0) is 22.9. The van der Waals surface area contributed by atoms with Crippen LogP contribution < -0.4 is 9.62 Å². The fraction of sp³-hybridized carbons (Fsp3) is 0.409. The van der Waals surface area contributed by atoms with Gasteiger partial charge in [-0.25, -0.2) is 16.8 Å². The summed E-state index contributed by atoms with van der Waals surface area (Å²) in [7, 11) is -6.88. The van der Waals surface area contributed by atoms with Crippen molar-refractivity contribution in [3.05, 3.63) is 53.6 Å². The molecule has 0 unspecified atom stereocenters. The summed E-state index contributed by atoms with van der Waals surface area (Å²) in [5, 5.41) is 2.78. The Morgan fingerprint density at radius 1 is 0.875 bits per heavy atom. The zero-order valence-electron chi connectivity index (χ0n) is 18.0. The number of fused-ring (bicyclic) bond motifs is 1. The predicted molar refractivity (Wildman–Crippen MR) is 124 cm³/mol. The van der Waals surface area contributed by atoms with Gasteiger partial charge in [-0.05, 0) is 67.3 Å². The van der Waals surface area contributed by atoms with Crippen LogP contribution in [0.5, 0.6) is 0 Å². The van der Waals surface area contributed by atoms with Gasteiger partial charge < -0.3 is 5.32 Å². The summed E-state index contributed by atoms with van der Waals surface area (Å²) in [6.07, 6.45) is 5.55. The van der Waals surface area contributed by atoms with E-state index in [2.05, 4.69) is 5.32 Å². The first kappa shape index (κ1) is 22.8. The second-order valence-electron chi connectivity index (χ2n) is 8.23. The molecule has 0 saturated carbocycles. The lowest BCUT2D eigenvalue weighted by Crippen LogP contribution is -2.31. The van der Waals surface area contributed by atoms with Gasteiger partial charge in [-0.15, -0.1) is 0 Å². The summed E-state index contributed by atoms with van der Waals surface area (Å²) >= 11 is 0. The summed E-state index contributed by atoms with van der Waals surface area (Å²) in [5.41, 5.74) is 2.32. The number of hydrogen-bond acceptors (Lipinski definition) is 5. The summed E-state index contributed by atoms with van der Waals surface area (Å²) in [6, 6.07) is 11.1. The van der Waals surface area contributed by atoms with Gasteiger partial charge in [0, 0.05) is 30.9 Å². The van der Waals surface area contributed by atoms with E-state index in [0.29, 0.717) is 43.0 Å². The van der Waals surface area contributed by atoms with Gasteiger partial charge in [-0.3, -0.25) is 9.10 Å². The van der Waals surface area contributed by atoms with Crippen LogP contribution in [0.15, 0.2) is 47.4 Å². The molecule has 1 saturated heterocycles. The van der Waals surface area contributed by atoms with Crippen molar-refractivity contribution in [2.75, 3.05) is 35.5 Å². The monoisotopic (exact) mass is 477 g/mol. The average Bonchev–Trinajstić information content (AvgIpc) is 2.99. The van der Waals surface area contributed by atoms with E-state index >= 15 is 0 Å². The lowest BCUT2D eigenvalue weighted by atomic mass is 10.1. The molecule has 2 heterocycles. The first-order valence-corrected chi connectivity index (χ1v) is 14.0. The molecule has 4 rings (SSSR count). The number of nitrogens with zero attached hydrogens (tertiary/aromatic N) is 2. The molecule has 1 fully saturated rings. The highest BCUT2D eigenvalue weighted by Gasteiger charge is 2.27. The second kappa shape index (κ2) is 8.84. The Balaban J connectivity index is 1.47. The molecule has 32 heavy (non-hydrogen) atoms. The highest BCUT2D eigenvalue weighted by molar-refractivity contribution is 7.92. The van der Waals surface area contributed by atoms with Gasteiger partial charge in [0.1, 0.15) is 0 Å². The van der Waals surface area contributed by atoms with E-state index in [1.165, 1.54) is 27.0 Å². The van der Waals surface area contributed by atoms with Gasteiger partial charge >= 0.3 is 0 Å². The lowest BCUT2D eigenvalue weighted by molar-refractivity contribution is 0.102. The van der Waals surface area contributed by atoms with Crippen molar-refractivity contribution in [3.8, 4) is 0 Å². The summed E-state index contributed by atoms with van der Waals surface area (Å²) in [6.45, 7) is 1.44. The molecule has 2 aliphatic rings. The number of benzene rings is 2. The number of anilines is 2. The standard InChI is InChI=1S/C22H27N3O5S2/c1-31(27,28)25-15-12-17-16-18(6-11-21(17)25)22(26)23-19-7-9-20(10-8-19)32(29,30)24-13-4-2-3-5-14-24/h6-11,16H,2-5,12-15H2,1H3,(H,23,26). The Hall–Kier alpha value is -2.43. The normalized spacial score (nSPS) is 17.6. The van der Waals surface area contributed by atoms with Crippen molar-refractivity contribution in [1.82, 2.24) is 4.31 Å². The Bertz CT molecular complexity index is 1220. The van der Waals surface area contributed by atoms with Crippen LogP contribution in [-0.4, -0.2) is 52.9 Å². The van der Waals surface area contributed by atoms with E-state index in [4.69, 9.17) is 0 Å². The van der Waals surface area contributed by atoms with Crippen molar-refractivity contribution in [2.45, 2.75) is 37.0 Å². The Morgan fingerprint density at radius 3 is 2.16 bits per heavy atom. The van der Waals surface area contributed by atoms with E-state index in [-0.39, 0.29) is 10.8 Å². The first-order chi connectivity index (χ1) is 15.2. The van der Waals surface area contributed by atoms with Crippen LogP contribution in [-0.2, 0) is 26.5 Å². The van der Waals surface area contributed by atoms with Crippen LogP contribution in [0.4, 0.5) is 11.4 Å². The van der Waals surface area contributed by atoms with E-state index in [0.717, 1.165) is 31.2 Å². The van der Waals surface area contributed by atoms with E-state index < -0.39 is 20.0 Å². The van der Waals surface area contributed by atoms with Gasteiger partial charge in [-0.1, -0.05) is 12.8 Å². The maximum absolute atomic E-state index is 12.9. The SMILES string of the molecule is CS(=O)(=O)N1CCc2cc(C(=O)Nc3ccc(S(=O)(=O)N4CCCCCC4)cc3)ccc21. The number of rotatable bonds is 5. The van der Waals surface area contributed by atoms with Crippen LogP contribution in [0.1, 0.15) is 41.6 Å². The van der Waals surface area contributed by atoms with Crippen LogP contribution in [0.2, 0.25) is 0 Å². The number of carbonyl (C=O) groups is 1. The number of sulfonamides is 2. The minimum atomic E-state index is -3.54. The van der Waals surface area contributed by atoms with Crippen LogP contribution in [0, 0.1) is 0 Å². The molecule has 10 heteroatoms. The molecule has 172 valence electrons. The summed E-state index contributed by atoms with van der Waals surface area (Å²) in [5.74, 6) is -0.339. The summed E-state index contributed by atoms with van der Waals surface area (Å²) < 4.78 is 52.4. The van der Waals surface area contributed by atoms with E-state index in [9.17, 15) is 21.6 Å². The minimum Gasteiger partial charge on any atom is -0.322 e. The van der Waals surface area contributed by atoms with E-state index in [1.807, 2.05) is 0 Å². The Morgan fingerprint density at radius 2 is 1.53 bits per heavy atom. The number of hydrogen-bond donors (Lipinski definition) is 1. The fourth-order valence-corrected chi connectivity index (χ4v) is 6.68. The highest BCUT2D eigenvalue weighted by atomic mass is 32.2. The van der Waals surface area contributed by atoms with Crippen molar-refractivity contribution >= 4 is 37.3 Å². The molecule has 2 aromatic carbocycles. The van der Waals surface area contributed by atoms with Crippen molar-refractivity contribution in [1.29, 1.82) is 0 Å². The molecule has 0 radical (unpaired) electrons. The van der Waals surface area contributed by atoms with Gasteiger partial charge in [0.2, 0.25) is 20.0 Å². The zero-order valence-corrected chi connectivity index (χ0v) is 19.6.